The molecule has 0 spiro atoms. The zero-order valence-corrected chi connectivity index (χ0v) is 18.8. The zero-order chi connectivity index (χ0) is 19.7. The minimum atomic E-state index is -4.09. The van der Waals surface area contributed by atoms with Gasteiger partial charge in [0, 0.05) is 51.6 Å². The Bertz CT molecular complexity index is 492. The van der Waals surface area contributed by atoms with Gasteiger partial charge >= 0.3 is 6.18 Å². The summed E-state index contributed by atoms with van der Waals surface area (Å²) in [7, 11) is 0. The second kappa shape index (κ2) is 12.7. The first-order valence-electron chi connectivity index (χ1n) is 9.87. The van der Waals surface area contributed by atoms with Crippen molar-refractivity contribution in [3.05, 3.63) is 0 Å². The second-order valence-electron chi connectivity index (χ2n) is 7.01. The van der Waals surface area contributed by atoms with Crippen molar-refractivity contribution in [2.75, 3.05) is 52.5 Å². The molecule has 0 radical (unpaired) electrons. The minimum Gasteiger partial charge on any atom is -0.378 e. The molecule has 6 nitrogen and oxygen atoms in total. The lowest BCUT2D eigenvalue weighted by molar-refractivity contribution is -0.141. The highest BCUT2D eigenvalue weighted by Gasteiger charge is 2.30. The van der Waals surface area contributed by atoms with E-state index in [4.69, 9.17) is 4.74 Å². The van der Waals surface area contributed by atoms with Crippen molar-refractivity contribution in [2.24, 2.45) is 10.9 Å². The Balaban J connectivity index is 0.00000392. The molecule has 10 heteroatoms. The number of guanidine groups is 1. The van der Waals surface area contributed by atoms with Crippen LogP contribution in [-0.4, -0.2) is 80.3 Å². The standard InChI is InChI=1S/C18H31F3N4O2.HI/c1-2-22-17(23-8-4-3-7-18(19,20)21)25-9-5-15(6-10-25)16(26)24-11-13-27-14-12-24;/h15H,2-14H2,1H3,(H,22,23);1H. The summed E-state index contributed by atoms with van der Waals surface area (Å²) in [5.41, 5.74) is 0. The number of nitrogens with one attached hydrogen (secondary N) is 1. The Labute approximate surface area is 182 Å². The Morgan fingerprint density at radius 1 is 1.11 bits per heavy atom. The van der Waals surface area contributed by atoms with Gasteiger partial charge in [0.05, 0.1) is 13.2 Å². The van der Waals surface area contributed by atoms with Gasteiger partial charge in [0.15, 0.2) is 5.96 Å². The smallest absolute Gasteiger partial charge is 0.378 e. The van der Waals surface area contributed by atoms with Gasteiger partial charge in [0.2, 0.25) is 5.91 Å². The van der Waals surface area contributed by atoms with Crippen LogP contribution < -0.4 is 5.32 Å². The van der Waals surface area contributed by atoms with Crippen LogP contribution in [0.2, 0.25) is 0 Å². The summed E-state index contributed by atoms with van der Waals surface area (Å²) in [6, 6.07) is 0. The van der Waals surface area contributed by atoms with Crippen LogP contribution in [0.4, 0.5) is 13.2 Å². The Hall–Kier alpha value is -0.780. The molecule has 2 heterocycles. The number of carbonyl (C=O) groups is 1. The highest BCUT2D eigenvalue weighted by molar-refractivity contribution is 14.0. The largest absolute Gasteiger partial charge is 0.389 e. The minimum absolute atomic E-state index is 0. The van der Waals surface area contributed by atoms with Gasteiger partial charge in [-0.15, -0.1) is 24.0 Å². The van der Waals surface area contributed by atoms with Gasteiger partial charge in [0.1, 0.15) is 0 Å². The molecule has 0 aromatic heterocycles. The first kappa shape index (κ1) is 25.3. The summed E-state index contributed by atoms with van der Waals surface area (Å²) in [4.78, 5) is 21.1. The van der Waals surface area contributed by atoms with Crippen molar-refractivity contribution in [3.63, 3.8) is 0 Å². The molecule has 0 aliphatic carbocycles. The molecular formula is C18H32F3IN4O2. The van der Waals surface area contributed by atoms with Gasteiger partial charge in [0.25, 0.3) is 0 Å². The quantitative estimate of drug-likeness (QED) is 0.254. The van der Waals surface area contributed by atoms with E-state index in [1.807, 2.05) is 11.8 Å². The molecule has 2 saturated heterocycles. The highest BCUT2D eigenvalue weighted by Crippen LogP contribution is 2.22. The number of rotatable bonds is 6. The molecular weight excluding hydrogens is 488 g/mol. The first-order chi connectivity index (χ1) is 12.9. The Kier molecular flexibility index (Phi) is 11.5. The Morgan fingerprint density at radius 2 is 1.75 bits per heavy atom. The monoisotopic (exact) mass is 520 g/mol. The van der Waals surface area contributed by atoms with Crippen LogP contribution in [0.25, 0.3) is 0 Å². The van der Waals surface area contributed by atoms with Crippen molar-refractivity contribution in [3.8, 4) is 0 Å². The van der Waals surface area contributed by atoms with Crippen molar-refractivity contribution < 1.29 is 22.7 Å². The van der Waals surface area contributed by atoms with Crippen LogP contribution in [0, 0.1) is 5.92 Å². The summed E-state index contributed by atoms with van der Waals surface area (Å²) in [5.74, 6) is 0.989. The lowest BCUT2D eigenvalue weighted by Crippen LogP contribution is -2.50. The number of unbranched alkanes of at least 4 members (excludes halogenated alkanes) is 1. The normalized spacial score (nSPS) is 19.4. The fourth-order valence-electron chi connectivity index (χ4n) is 3.43. The summed E-state index contributed by atoms with van der Waals surface area (Å²) in [6.45, 7) is 7.06. The van der Waals surface area contributed by atoms with Gasteiger partial charge in [-0.1, -0.05) is 0 Å². The molecule has 2 aliphatic rings. The predicted octanol–water partition coefficient (Wildman–Crippen LogP) is 2.87. The molecule has 28 heavy (non-hydrogen) atoms. The van der Waals surface area contributed by atoms with E-state index >= 15 is 0 Å². The molecule has 2 rings (SSSR count). The van der Waals surface area contributed by atoms with Crippen molar-refractivity contribution in [1.82, 2.24) is 15.1 Å². The van der Waals surface area contributed by atoms with Gasteiger partial charge in [-0.2, -0.15) is 13.2 Å². The molecule has 0 bridgehead atoms. The van der Waals surface area contributed by atoms with Gasteiger partial charge in [-0.05, 0) is 32.6 Å². The molecule has 0 saturated carbocycles. The maximum Gasteiger partial charge on any atom is 0.389 e. The van der Waals surface area contributed by atoms with E-state index in [2.05, 4.69) is 15.2 Å². The topological polar surface area (TPSA) is 57.2 Å². The molecule has 0 aromatic rings. The number of hydrogen-bond donors (Lipinski definition) is 1. The van der Waals surface area contributed by atoms with E-state index in [9.17, 15) is 18.0 Å². The van der Waals surface area contributed by atoms with Crippen LogP contribution in [0.1, 0.15) is 39.0 Å². The van der Waals surface area contributed by atoms with Gasteiger partial charge in [-0.3, -0.25) is 9.79 Å². The molecule has 0 aromatic carbocycles. The lowest BCUT2D eigenvalue weighted by Gasteiger charge is -2.36. The maximum atomic E-state index is 12.6. The lowest BCUT2D eigenvalue weighted by atomic mass is 9.95. The molecule has 2 fully saturated rings. The average Bonchev–Trinajstić information content (AvgIpc) is 2.66. The first-order valence-corrected chi connectivity index (χ1v) is 9.87. The van der Waals surface area contributed by atoms with Gasteiger partial charge in [-0.25, -0.2) is 0 Å². The van der Waals surface area contributed by atoms with Crippen molar-refractivity contribution >= 4 is 35.8 Å². The Morgan fingerprint density at radius 3 is 2.32 bits per heavy atom. The number of halogens is 4. The molecule has 164 valence electrons. The van der Waals surface area contributed by atoms with E-state index in [0.717, 1.165) is 31.9 Å². The number of morpholine rings is 1. The average molecular weight is 520 g/mol. The number of hydrogen-bond acceptors (Lipinski definition) is 3. The zero-order valence-electron chi connectivity index (χ0n) is 16.5. The van der Waals surface area contributed by atoms with E-state index < -0.39 is 12.6 Å². The highest BCUT2D eigenvalue weighted by atomic mass is 127. The SMILES string of the molecule is CCNC(=NCCCCC(F)(F)F)N1CCC(C(=O)N2CCOCC2)CC1.I. The number of alkyl halides is 3. The third kappa shape index (κ3) is 8.71. The van der Waals surface area contributed by atoms with E-state index in [1.165, 1.54) is 0 Å². The van der Waals surface area contributed by atoms with Crippen LogP contribution in [0.5, 0.6) is 0 Å². The number of amides is 1. The number of ether oxygens (including phenoxy) is 1. The van der Waals surface area contributed by atoms with E-state index in [1.54, 1.807) is 0 Å². The van der Waals surface area contributed by atoms with Crippen LogP contribution >= 0.6 is 24.0 Å². The number of likely N-dealkylation sites (tertiary alicyclic amines) is 1. The summed E-state index contributed by atoms with van der Waals surface area (Å²) in [5, 5.41) is 3.21. The fourth-order valence-corrected chi connectivity index (χ4v) is 3.43. The second-order valence-corrected chi connectivity index (χ2v) is 7.01. The van der Waals surface area contributed by atoms with Gasteiger partial charge < -0.3 is 19.9 Å². The fraction of sp³-hybridized carbons (Fsp3) is 0.889. The summed E-state index contributed by atoms with van der Waals surface area (Å²) in [6.07, 6.45) is -2.79. The van der Waals surface area contributed by atoms with E-state index in [-0.39, 0.29) is 42.2 Å². The number of piperidine rings is 1. The van der Waals surface area contributed by atoms with Crippen LogP contribution in [0.3, 0.4) is 0 Å². The maximum absolute atomic E-state index is 12.6. The summed E-state index contributed by atoms with van der Waals surface area (Å²) >= 11 is 0. The number of aliphatic imine (C=N–C) groups is 1. The molecule has 2 aliphatic heterocycles. The summed E-state index contributed by atoms with van der Waals surface area (Å²) < 4.78 is 41.9. The predicted molar refractivity (Wildman–Crippen MR) is 113 cm³/mol. The van der Waals surface area contributed by atoms with E-state index in [0.29, 0.717) is 45.8 Å². The van der Waals surface area contributed by atoms with Crippen LogP contribution in [0.15, 0.2) is 4.99 Å². The van der Waals surface area contributed by atoms with Crippen LogP contribution in [-0.2, 0) is 9.53 Å². The third-order valence-electron chi connectivity index (χ3n) is 4.93. The molecule has 0 unspecified atom stereocenters. The third-order valence-corrected chi connectivity index (χ3v) is 4.93. The molecule has 0 atom stereocenters. The number of carbonyl (C=O) groups excluding carboxylic acids is 1. The van der Waals surface area contributed by atoms with Crippen molar-refractivity contribution in [2.45, 2.75) is 45.2 Å². The van der Waals surface area contributed by atoms with Crippen molar-refractivity contribution in [1.29, 1.82) is 0 Å². The number of nitrogens with zero attached hydrogens (tertiary/aromatic N) is 3. The molecule has 1 amide bonds. The molecule has 1 N–H and O–H groups in total.